The number of H-pyrrole nitrogens is 1. The minimum Gasteiger partial charge on any atom is -0.361 e. The van der Waals surface area contributed by atoms with Crippen molar-refractivity contribution in [2.75, 3.05) is 0 Å². The maximum atomic E-state index is 3.12. The minimum absolute atomic E-state index is 1.12. The van der Waals surface area contributed by atoms with Crippen molar-refractivity contribution >= 4 is 17.0 Å². The highest BCUT2D eigenvalue weighted by Crippen LogP contribution is 2.17. The van der Waals surface area contributed by atoms with Crippen molar-refractivity contribution in [3.05, 3.63) is 78.0 Å². The highest BCUT2D eigenvalue weighted by molar-refractivity contribution is 5.78. The fourth-order valence-electron chi connectivity index (χ4n) is 2.19. The third-order valence-corrected chi connectivity index (χ3v) is 3.15. The number of benzene rings is 2. The zero-order valence-corrected chi connectivity index (χ0v) is 12.8. The minimum atomic E-state index is 1.12. The van der Waals surface area contributed by atoms with Crippen LogP contribution in [0.15, 0.2) is 66.9 Å². The van der Waals surface area contributed by atoms with E-state index in [0.717, 1.165) is 6.42 Å². The summed E-state index contributed by atoms with van der Waals surface area (Å²) in [4.78, 5) is 3.12. The number of aromatic amines is 1. The number of hydrogen-bond donors (Lipinski definition) is 1. The van der Waals surface area contributed by atoms with Crippen LogP contribution in [0.25, 0.3) is 17.0 Å². The van der Waals surface area contributed by atoms with Crippen molar-refractivity contribution in [2.45, 2.75) is 26.7 Å². The number of nitrogens with one attached hydrogen (secondary N) is 1. The molecule has 1 aromatic heterocycles. The van der Waals surface area contributed by atoms with Crippen LogP contribution >= 0.6 is 0 Å². The second-order valence-electron chi connectivity index (χ2n) is 5.08. The highest BCUT2D eigenvalue weighted by atomic mass is 14.7. The van der Waals surface area contributed by atoms with Gasteiger partial charge < -0.3 is 4.98 Å². The Hall–Kier alpha value is -2.28. The smallest absolute Gasteiger partial charge is 0.0453 e. The summed E-state index contributed by atoms with van der Waals surface area (Å²) >= 11 is 0. The van der Waals surface area contributed by atoms with Gasteiger partial charge in [0.25, 0.3) is 0 Å². The molecule has 0 saturated carbocycles. The maximum absolute atomic E-state index is 3.12. The zero-order chi connectivity index (χ0) is 14.9. The third-order valence-electron chi connectivity index (χ3n) is 3.15. The molecule has 0 fully saturated rings. The summed E-state index contributed by atoms with van der Waals surface area (Å²) in [5.74, 6) is 0. The molecule has 0 unspecified atom stereocenters. The van der Waals surface area contributed by atoms with Crippen LogP contribution in [0, 0.1) is 0 Å². The summed E-state index contributed by atoms with van der Waals surface area (Å²) in [5.41, 5.74) is 4.05. The molecule has 0 radical (unpaired) electrons. The van der Waals surface area contributed by atoms with Crippen LogP contribution in [0.2, 0.25) is 0 Å². The average Bonchev–Trinajstić information content (AvgIpc) is 3.17. The van der Waals surface area contributed by atoms with E-state index in [1.165, 1.54) is 28.5 Å². The fraction of sp³-hybridized carbons (Fsp3) is 0.200. The lowest BCUT2D eigenvalue weighted by Crippen LogP contribution is -1.76. The normalized spacial score (nSPS) is 11.1. The molecule has 21 heavy (non-hydrogen) atoms. The van der Waals surface area contributed by atoms with E-state index < -0.39 is 0 Å². The topological polar surface area (TPSA) is 15.8 Å². The van der Waals surface area contributed by atoms with Gasteiger partial charge in [-0.1, -0.05) is 74.9 Å². The number of para-hydroxylation sites is 1. The summed E-state index contributed by atoms with van der Waals surface area (Å²) in [7, 11) is 0. The Morgan fingerprint density at radius 2 is 1.62 bits per heavy atom. The number of aromatic nitrogens is 1. The standard InChI is InChI=1S/C9H8.C8H7N.C3H8/c1-2-5-9-7-3-6-8(9)4-1;1-2-4-8-7(3-1)5-6-9-8;1-3-2/h1-6H,7H2;1-6,9H;3H2,1-2H3. The molecule has 2 aromatic carbocycles. The molecular weight excluding hydrogens is 254 g/mol. The first-order chi connectivity index (χ1) is 10.3. The van der Waals surface area contributed by atoms with E-state index in [9.17, 15) is 0 Å². The van der Waals surface area contributed by atoms with Gasteiger partial charge in [0.05, 0.1) is 0 Å². The molecule has 108 valence electrons. The Bertz CT molecular complexity index is 661. The molecule has 1 aliphatic rings. The van der Waals surface area contributed by atoms with Crippen molar-refractivity contribution in [3.63, 3.8) is 0 Å². The van der Waals surface area contributed by atoms with Crippen LogP contribution in [0.4, 0.5) is 0 Å². The fourth-order valence-corrected chi connectivity index (χ4v) is 2.19. The molecule has 3 aromatic rings. The Labute approximate surface area is 127 Å². The first-order valence-electron chi connectivity index (χ1n) is 7.61. The summed E-state index contributed by atoms with van der Waals surface area (Å²) in [6.45, 7) is 4.25. The van der Waals surface area contributed by atoms with Crippen LogP contribution < -0.4 is 0 Å². The number of hydrogen-bond acceptors (Lipinski definition) is 0. The summed E-state index contributed by atoms with van der Waals surface area (Å²) in [6.07, 6.45) is 8.70. The molecule has 0 amide bonds. The molecule has 1 N–H and O–H groups in total. The van der Waals surface area contributed by atoms with Gasteiger partial charge in [-0.15, -0.1) is 0 Å². The predicted molar refractivity (Wildman–Crippen MR) is 93.4 cm³/mol. The van der Waals surface area contributed by atoms with Gasteiger partial charge in [-0.05, 0) is 35.1 Å². The van der Waals surface area contributed by atoms with Crippen LogP contribution in [-0.2, 0) is 6.42 Å². The lowest BCUT2D eigenvalue weighted by atomic mass is 10.1. The van der Waals surface area contributed by atoms with E-state index in [1.54, 1.807) is 0 Å². The Balaban J connectivity index is 0.000000130. The average molecular weight is 277 g/mol. The molecule has 0 atom stereocenters. The largest absolute Gasteiger partial charge is 0.361 e. The lowest BCUT2D eigenvalue weighted by Gasteiger charge is -1.93. The zero-order valence-electron chi connectivity index (χ0n) is 12.8. The van der Waals surface area contributed by atoms with E-state index in [-0.39, 0.29) is 0 Å². The highest BCUT2D eigenvalue weighted by Gasteiger charge is 2.00. The summed E-state index contributed by atoms with van der Waals surface area (Å²) < 4.78 is 0. The van der Waals surface area contributed by atoms with Gasteiger partial charge in [-0.25, -0.2) is 0 Å². The van der Waals surface area contributed by atoms with Crippen LogP contribution in [-0.4, -0.2) is 4.98 Å². The molecule has 1 nitrogen and oxygen atoms in total. The molecule has 0 bridgehead atoms. The first-order valence-corrected chi connectivity index (χ1v) is 7.61. The number of fused-ring (bicyclic) bond motifs is 2. The van der Waals surface area contributed by atoms with Gasteiger partial charge in [-0.3, -0.25) is 0 Å². The van der Waals surface area contributed by atoms with Gasteiger partial charge in [0.1, 0.15) is 0 Å². The molecule has 1 aliphatic carbocycles. The SMILES string of the molecule is C1=Cc2ccccc2C1.CCC.c1ccc2[nH]ccc2c1. The monoisotopic (exact) mass is 277 g/mol. The van der Waals surface area contributed by atoms with E-state index >= 15 is 0 Å². The quantitative estimate of drug-likeness (QED) is 0.531. The summed E-state index contributed by atoms with van der Waals surface area (Å²) in [5, 5.41) is 1.28. The van der Waals surface area contributed by atoms with Gasteiger partial charge in [0.15, 0.2) is 0 Å². The predicted octanol–water partition coefficient (Wildman–Crippen LogP) is 5.84. The molecular formula is C20H23N. The van der Waals surface area contributed by atoms with E-state index in [4.69, 9.17) is 0 Å². The van der Waals surface area contributed by atoms with Crippen LogP contribution in [0.5, 0.6) is 0 Å². The summed E-state index contributed by atoms with van der Waals surface area (Å²) in [6, 6.07) is 18.8. The number of rotatable bonds is 0. The Kier molecular flexibility index (Phi) is 5.83. The van der Waals surface area contributed by atoms with Gasteiger partial charge in [-0.2, -0.15) is 0 Å². The maximum Gasteiger partial charge on any atom is 0.0453 e. The van der Waals surface area contributed by atoms with Crippen molar-refractivity contribution in [1.29, 1.82) is 0 Å². The second kappa shape index (κ2) is 8.11. The molecule has 1 heteroatoms. The van der Waals surface area contributed by atoms with Gasteiger partial charge in [0, 0.05) is 11.7 Å². The van der Waals surface area contributed by atoms with Crippen LogP contribution in [0.3, 0.4) is 0 Å². The molecule has 0 aliphatic heterocycles. The molecule has 0 spiro atoms. The van der Waals surface area contributed by atoms with E-state index in [0.29, 0.717) is 0 Å². The van der Waals surface area contributed by atoms with Crippen molar-refractivity contribution in [2.24, 2.45) is 0 Å². The number of allylic oxidation sites excluding steroid dienone is 1. The third kappa shape index (κ3) is 4.35. The first kappa shape index (κ1) is 15.1. The van der Waals surface area contributed by atoms with E-state index in [2.05, 4.69) is 73.4 Å². The second-order valence-corrected chi connectivity index (χ2v) is 5.08. The molecule has 4 rings (SSSR count). The van der Waals surface area contributed by atoms with Crippen molar-refractivity contribution in [1.82, 2.24) is 4.98 Å². The Morgan fingerprint density at radius 3 is 2.38 bits per heavy atom. The van der Waals surface area contributed by atoms with Crippen LogP contribution in [0.1, 0.15) is 31.4 Å². The van der Waals surface area contributed by atoms with Gasteiger partial charge in [0.2, 0.25) is 0 Å². The Morgan fingerprint density at radius 1 is 0.905 bits per heavy atom. The lowest BCUT2D eigenvalue weighted by molar-refractivity contribution is 1.09. The van der Waals surface area contributed by atoms with Gasteiger partial charge >= 0.3 is 0 Å². The van der Waals surface area contributed by atoms with Crippen molar-refractivity contribution in [3.8, 4) is 0 Å². The van der Waals surface area contributed by atoms with E-state index in [1.807, 2.05) is 18.3 Å². The van der Waals surface area contributed by atoms with Crippen molar-refractivity contribution < 1.29 is 0 Å². The molecule has 0 saturated heterocycles. The molecule has 1 heterocycles.